The minimum absolute atomic E-state index is 0.280. The number of ketones is 1. The molecule has 0 amide bonds. The number of carbonyl (C=O) groups excluding carboxylic acids is 1. The summed E-state index contributed by atoms with van der Waals surface area (Å²) >= 11 is 0. The molecule has 0 aliphatic carbocycles. The molecule has 3 rings (SSSR count). The second-order valence-corrected chi connectivity index (χ2v) is 6.53. The lowest BCUT2D eigenvalue weighted by Gasteiger charge is -2.25. The average Bonchev–Trinajstić information content (AvgIpc) is 2.83. The molecule has 114 valence electrons. The first-order valence-corrected chi connectivity index (χ1v) is 8.28. The first-order valence-electron chi connectivity index (χ1n) is 8.28. The van der Waals surface area contributed by atoms with Gasteiger partial charge in [-0.2, -0.15) is 0 Å². The van der Waals surface area contributed by atoms with Crippen molar-refractivity contribution in [1.29, 1.82) is 0 Å². The summed E-state index contributed by atoms with van der Waals surface area (Å²) in [6.45, 7) is 7.79. The molecule has 0 aromatic heterocycles. The van der Waals surface area contributed by atoms with E-state index in [9.17, 15) is 4.79 Å². The highest BCUT2D eigenvalue weighted by atomic mass is 16.1. The Morgan fingerprint density at radius 1 is 1.14 bits per heavy atom. The van der Waals surface area contributed by atoms with Gasteiger partial charge in [-0.3, -0.25) is 9.69 Å². The van der Waals surface area contributed by atoms with Gasteiger partial charge in [0.1, 0.15) is 0 Å². The van der Waals surface area contributed by atoms with Crippen molar-refractivity contribution in [3.05, 3.63) is 35.4 Å². The van der Waals surface area contributed by atoms with Crippen LogP contribution in [-0.4, -0.2) is 54.3 Å². The minimum Gasteiger partial charge on any atom is -0.301 e. The van der Waals surface area contributed by atoms with Gasteiger partial charge in [0.25, 0.3) is 0 Å². The molecule has 1 aromatic carbocycles. The van der Waals surface area contributed by atoms with Crippen LogP contribution in [0.3, 0.4) is 0 Å². The van der Waals surface area contributed by atoms with E-state index in [1.165, 1.54) is 37.9 Å². The highest BCUT2D eigenvalue weighted by Gasteiger charge is 2.28. The topological polar surface area (TPSA) is 23.6 Å². The zero-order valence-corrected chi connectivity index (χ0v) is 13.1. The van der Waals surface area contributed by atoms with E-state index < -0.39 is 0 Å². The second kappa shape index (κ2) is 6.71. The summed E-state index contributed by atoms with van der Waals surface area (Å²) in [6, 6.07) is 8.70. The standard InChI is InChI=1S/C18H26N2O/c1-15-5-7-16(8-6-15)18(21)9-13-19-10-3-12-20-11-2-4-17(20)14-19/h5-8,17H,2-4,9-14H2,1H3. The van der Waals surface area contributed by atoms with Gasteiger partial charge < -0.3 is 4.90 Å². The maximum atomic E-state index is 12.3. The Balaban J connectivity index is 1.52. The zero-order valence-electron chi connectivity index (χ0n) is 13.1. The third-order valence-electron chi connectivity index (χ3n) is 4.92. The molecule has 21 heavy (non-hydrogen) atoms. The number of aryl methyl sites for hydroxylation is 1. The molecule has 2 fully saturated rings. The number of fused-ring (bicyclic) bond motifs is 1. The van der Waals surface area contributed by atoms with Crippen molar-refractivity contribution in [2.24, 2.45) is 0 Å². The Labute approximate surface area is 127 Å². The van der Waals surface area contributed by atoms with Crippen molar-refractivity contribution < 1.29 is 4.79 Å². The van der Waals surface area contributed by atoms with Crippen molar-refractivity contribution in [2.75, 3.05) is 32.7 Å². The van der Waals surface area contributed by atoms with Crippen LogP contribution < -0.4 is 0 Å². The smallest absolute Gasteiger partial charge is 0.164 e. The molecule has 0 bridgehead atoms. The zero-order chi connectivity index (χ0) is 14.7. The lowest BCUT2D eigenvalue weighted by molar-refractivity contribution is 0.0961. The molecule has 1 atom stereocenters. The van der Waals surface area contributed by atoms with Gasteiger partial charge in [-0.25, -0.2) is 0 Å². The fourth-order valence-corrected chi connectivity index (χ4v) is 3.63. The third-order valence-corrected chi connectivity index (χ3v) is 4.92. The molecule has 0 N–H and O–H groups in total. The quantitative estimate of drug-likeness (QED) is 0.795. The summed E-state index contributed by atoms with van der Waals surface area (Å²) in [6.07, 6.45) is 4.58. The van der Waals surface area contributed by atoms with E-state index in [1.54, 1.807) is 0 Å². The summed E-state index contributed by atoms with van der Waals surface area (Å²) in [4.78, 5) is 17.4. The number of rotatable bonds is 4. The number of hydrogen-bond acceptors (Lipinski definition) is 3. The van der Waals surface area contributed by atoms with E-state index in [2.05, 4.69) is 16.7 Å². The lowest BCUT2D eigenvalue weighted by Crippen LogP contribution is -2.37. The van der Waals surface area contributed by atoms with Crippen LogP contribution in [0.5, 0.6) is 0 Å². The molecule has 0 spiro atoms. The summed E-state index contributed by atoms with van der Waals surface area (Å²) in [5.74, 6) is 0.280. The van der Waals surface area contributed by atoms with Crippen molar-refractivity contribution in [3.8, 4) is 0 Å². The van der Waals surface area contributed by atoms with Gasteiger partial charge in [-0.05, 0) is 45.8 Å². The lowest BCUT2D eigenvalue weighted by atomic mass is 10.1. The SMILES string of the molecule is Cc1ccc(C(=O)CCN2CCCN3CCCC3C2)cc1. The summed E-state index contributed by atoms with van der Waals surface area (Å²) < 4.78 is 0. The molecule has 2 heterocycles. The number of Topliss-reactive ketones (excluding diaryl/α,β-unsaturated/α-hetero) is 1. The van der Waals surface area contributed by atoms with Gasteiger partial charge >= 0.3 is 0 Å². The first-order chi connectivity index (χ1) is 10.2. The van der Waals surface area contributed by atoms with Gasteiger partial charge in [0, 0.05) is 31.1 Å². The third kappa shape index (κ3) is 3.72. The molecule has 3 heteroatoms. The minimum atomic E-state index is 0.280. The van der Waals surface area contributed by atoms with E-state index in [4.69, 9.17) is 0 Å². The van der Waals surface area contributed by atoms with Crippen LogP contribution in [0.25, 0.3) is 0 Å². The monoisotopic (exact) mass is 286 g/mol. The van der Waals surface area contributed by atoms with E-state index in [0.29, 0.717) is 6.42 Å². The fourth-order valence-electron chi connectivity index (χ4n) is 3.63. The molecule has 2 saturated heterocycles. The highest BCUT2D eigenvalue weighted by molar-refractivity contribution is 5.96. The largest absolute Gasteiger partial charge is 0.301 e. The van der Waals surface area contributed by atoms with Gasteiger partial charge in [0.2, 0.25) is 0 Å². The van der Waals surface area contributed by atoms with Gasteiger partial charge in [-0.15, -0.1) is 0 Å². The van der Waals surface area contributed by atoms with Crippen LogP contribution in [0.2, 0.25) is 0 Å². The van der Waals surface area contributed by atoms with Gasteiger partial charge in [0.15, 0.2) is 5.78 Å². The van der Waals surface area contributed by atoms with E-state index in [1.807, 2.05) is 24.3 Å². The Morgan fingerprint density at radius 2 is 1.90 bits per heavy atom. The van der Waals surface area contributed by atoms with Gasteiger partial charge in [0.05, 0.1) is 0 Å². The molecule has 3 nitrogen and oxygen atoms in total. The summed E-state index contributed by atoms with van der Waals surface area (Å²) in [5.41, 5.74) is 2.07. The van der Waals surface area contributed by atoms with E-state index in [-0.39, 0.29) is 5.78 Å². The van der Waals surface area contributed by atoms with E-state index >= 15 is 0 Å². The first kappa shape index (κ1) is 14.7. The molecule has 0 saturated carbocycles. The number of nitrogens with zero attached hydrogens (tertiary/aromatic N) is 2. The Morgan fingerprint density at radius 3 is 2.71 bits per heavy atom. The Hall–Kier alpha value is -1.19. The number of hydrogen-bond donors (Lipinski definition) is 0. The van der Waals surface area contributed by atoms with Crippen LogP contribution in [-0.2, 0) is 0 Å². The molecule has 1 aromatic rings. The molecule has 2 aliphatic rings. The molecule has 1 unspecified atom stereocenters. The molecular formula is C18H26N2O. The van der Waals surface area contributed by atoms with Crippen LogP contribution in [0, 0.1) is 6.92 Å². The Bertz CT molecular complexity index is 482. The van der Waals surface area contributed by atoms with Crippen LogP contribution >= 0.6 is 0 Å². The number of benzene rings is 1. The van der Waals surface area contributed by atoms with Crippen molar-refractivity contribution >= 4 is 5.78 Å². The fraction of sp³-hybridized carbons (Fsp3) is 0.611. The maximum absolute atomic E-state index is 12.3. The molecular weight excluding hydrogens is 260 g/mol. The predicted octanol–water partition coefficient (Wildman–Crippen LogP) is 2.74. The van der Waals surface area contributed by atoms with E-state index in [0.717, 1.165) is 31.2 Å². The summed E-state index contributed by atoms with van der Waals surface area (Å²) in [5, 5.41) is 0. The normalized spacial score (nSPS) is 23.8. The average molecular weight is 286 g/mol. The predicted molar refractivity (Wildman–Crippen MR) is 85.8 cm³/mol. The summed E-state index contributed by atoms with van der Waals surface area (Å²) in [7, 11) is 0. The van der Waals surface area contributed by atoms with Crippen molar-refractivity contribution in [3.63, 3.8) is 0 Å². The van der Waals surface area contributed by atoms with Crippen LogP contribution in [0.1, 0.15) is 41.6 Å². The van der Waals surface area contributed by atoms with Crippen LogP contribution in [0.4, 0.5) is 0 Å². The molecule has 2 aliphatic heterocycles. The van der Waals surface area contributed by atoms with Crippen LogP contribution in [0.15, 0.2) is 24.3 Å². The maximum Gasteiger partial charge on any atom is 0.164 e. The number of carbonyl (C=O) groups is 1. The molecule has 0 radical (unpaired) electrons. The second-order valence-electron chi connectivity index (χ2n) is 6.53. The van der Waals surface area contributed by atoms with Crippen molar-refractivity contribution in [2.45, 2.75) is 38.6 Å². The van der Waals surface area contributed by atoms with Gasteiger partial charge in [-0.1, -0.05) is 29.8 Å². The van der Waals surface area contributed by atoms with Crippen molar-refractivity contribution in [1.82, 2.24) is 9.80 Å². The Kier molecular flexibility index (Phi) is 4.71. The highest BCUT2D eigenvalue weighted by Crippen LogP contribution is 2.21.